The molecule has 106 valence electrons. The molecule has 2 aromatic carbocycles. The van der Waals surface area contributed by atoms with Gasteiger partial charge < -0.3 is 15.2 Å². The third kappa shape index (κ3) is 3.11. The molecule has 0 saturated heterocycles. The summed E-state index contributed by atoms with van der Waals surface area (Å²) in [6, 6.07) is 14.0. The molecule has 0 aliphatic heterocycles. The molecular weight excluding hydrogens is 250 g/mol. The number of methoxy groups -OCH3 is 2. The van der Waals surface area contributed by atoms with Crippen LogP contribution in [-0.2, 0) is 6.42 Å². The summed E-state index contributed by atoms with van der Waals surface area (Å²) in [7, 11) is 3.30. The number of hydrogen-bond acceptors (Lipinski definition) is 3. The summed E-state index contributed by atoms with van der Waals surface area (Å²) in [5.74, 6) is 1.54. The molecule has 0 heterocycles. The van der Waals surface area contributed by atoms with Crippen molar-refractivity contribution in [3.8, 4) is 11.5 Å². The lowest BCUT2D eigenvalue weighted by Crippen LogP contribution is -2.15. The second-order valence-electron chi connectivity index (χ2n) is 4.87. The van der Waals surface area contributed by atoms with Gasteiger partial charge in [0, 0.05) is 6.04 Å². The van der Waals surface area contributed by atoms with Gasteiger partial charge >= 0.3 is 0 Å². The summed E-state index contributed by atoms with van der Waals surface area (Å²) in [6.45, 7) is 2.08. The molecule has 0 aliphatic rings. The van der Waals surface area contributed by atoms with Crippen LogP contribution >= 0.6 is 0 Å². The zero-order valence-corrected chi connectivity index (χ0v) is 12.2. The highest BCUT2D eigenvalue weighted by atomic mass is 16.5. The number of aryl methyl sites for hydroxylation is 1. The van der Waals surface area contributed by atoms with Gasteiger partial charge in [0.15, 0.2) is 0 Å². The topological polar surface area (TPSA) is 44.5 Å². The van der Waals surface area contributed by atoms with Gasteiger partial charge in [-0.25, -0.2) is 0 Å². The Labute approximate surface area is 120 Å². The van der Waals surface area contributed by atoms with E-state index in [-0.39, 0.29) is 6.04 Å². The molecule has 3 heteroatoms. The maximum Gasteiger partial charge on any atom is 0.127 e. The predicted octanol–water partition coefficient (Wildman–Crippen LogP) is 3.25. The van der Waals surface area contributed by atoms with E-state index in [9.17, 15) is 0 Å². The Morgan fingerprint density at radius 2 is 1.50 bits per heavy atom. The zero-order valence-electron chi connectivity index (χ0n) is 12.2. The SMILES string of the molecule is COc1cccc(OC)c1C(N)Cc1ccc(C)cc1. The van der Waals surface area contributed by atoms with E-state index in [2.05, 4.69) is 31.2 Å². The third-order valence-electron chi connectivity index (χ3n) is 3.41. The van der Waals surface area contributed by atoms with Gasteiger partial charge in [0.1, 0.15) is 11.5 Å². The zero-order chi connectivity index (χ0) is 14.5. The van der Waals surface area contributed by atoms with Gasteiger partial charge in [-0.15, -0.1) is 0 Å². The van der Waals surface area contributed by atoms with Crippen molar-refractivity contribution in [3.05, 3.63) is 59.2 Å². The molecule has 0 spiro atoms. The van der Waals surface area contributed by atoms with E-state index in [1.54, 1.807) is 14.2 Å². The monoisotopic (exact) mass is 271 g/mol. The average Bonchev–Trinajstić information content (AvgIpc) is 2.48. The fraction of sp³-hybridized carbons (Fsp3) is 0.294. The Morgan fingerprint density at radius 1 is 0.950 bits per heavy atom. The Morgan fingerprint density at radius 3 is 2.00 bits per heavy atom. The van der Waals surface area contributed by atoms with E-state index in [0.717, 1.165) is 23.5 Å². The van der Waals surface area contributed by atoms with E-state index >= 15 is 0 Å². The molecule has 0 saturated carbocycles. The Balaban J connectivity index is 2.28. The predicted molar refractivity (Wildman–Crippen MR) is 81.4 cm³/mol. The Bertz CT molecular complexity index is 541. The van der Waals surface area contributed by atoms with Gasteiger partial charge in [0.2, 0.25) is 0 Å². The summed E-state index contributed by atoms with van der Waals surface area (Å²) < 4.78 is 10.8. The second kappa shape index (κ2) is 6.44. The van der Waals surface area contributed by atoms with Crippen LogP contribution in [0.5, 0.6) is 11.5 Å². The van der Waals surface area contributed by atoms with Crippen molar-refractivity contribution in [3.63, 3.8) is 0 Å². The summed E-state index contributed by atoms with van der Waals surface area (Å²) in [4.78, 5) is 0. The lowest BCUT2D eigenvalue weighted by atomic mass is 9.97. The molecule has 0 radical (unpaired) electrons. The smallest absolute Gasteiger partial charge is 0.127 e. The first kappa shape index (κ1) is 14.4. The van der Waals surface area contributed by atoms with Gasteiger partial charge in [-0.2, -0.15) is 0 Å². The van der Waals surface area contributed by atoms with Crippen LogP contribution in [0.25, 0.3) is 0 Å². The van der Waals surface area contributed by atoms with Crippen molar-refractivity contribution in [2.75, 3.05) is 14.2 Å². The summed E-state index contributed by atoms with van der Waals surface area (Å²) in [5.41, 5.74) is 9.72. The molecule has 0 amide bonds. The van der Waals surface area contributed by atoms with E-state index < -0.39 is 0 Å². The molecule has 0 bridgehead atoms. The van der Waals surface area contributed by atoms with Crippen molar-refractivity contribution < 1.29 is 9.47 Å². The number of ether oxygens (including phenoxy) is 2. The van der Waals surface area contributed by atoms with Crippen molar-refractivity contribution in [2.45, 2.75) is 19.4 Å². The summed E-state index contributed by atoms with van der Waals surface area (Å²) >= 11 is 0. The Hall–Kier alpha value is -2.00. The highest BCUT2D eigenvalue weighted by Gasteiger charge is 2.17. The highest BCUT2D eigenvalue weighted by Crippen LogP contribution is 2.34. The van der Waals surface area contributed by atoms with Crippen molar-refractivity contribution >= 4 is 0 Å². The van der Waals surface area contributed by atoms with E-state index in [0.29, 0.717) is 0 Å². The van der Waals surface area contributed by atoms with Crippen LogP contribution in [0.3, 0.4) is 0 Å². The van der Waals surface area contributed by atoms with Crippen LogP contribution < -0.4 is 15.2 Å². The van der Waals surface area contributed by atoms with Crippen LogP contribution in [0.4, 0.5) is 0 Å². The third-order valence-corrected chi connectivity index (χ3v) is 3.41. The first-order valence-corrected chi connectivity index (χ1v) is 6.67. The summed E-state index contributed by atoms with van der Waals surface area (Å²) in [6.07, 6.45) is 0.747. The molecule has 0 aliphatic carbocycles. The number of nitrogens with two attached hydrogens (primary N) is 1. The molecule has 20 heavy (non-hydrogen) atoms. The van der Waals surface area contributed by atoms with E-state index in [1.807, 2.05) is 18.2 Å². The van der Waals surface area contributed by atoms with E-state index in [1.165, 1.54) is 11.1 Å². The van der Waals surface area contributed by atoms with Crippen molar-refractivity contribution in [1.82, 2.24) is 0 Å². The number of rotatable bonds is 5. The van der Waals surface area contributed by atoms with Crippen LogP contribution in [-0.4, -0.2) is 14.2 Å². The van der Waals surface area contributed by atoms with Crippen LogP contribution in [0.2, 0.25) is 0 Å². The lowest BCUT2D eigenvalue weighted by Gasteiger charge is -2.19. The van der Waals surface area contributed by atoms with E-state index in [4.69, 9.17) is 15.2 Å². The minimum atomic E-state index is -0.163. The van der Waals surface area contributed by atoms with Gasteiger partial charge in [0.05, 0.1) is 19.8 Å². The fourth-order valence-electron chi connectivity index (χ4n) is 2.33. The highest BCUT2D eigenvalue weighted by molar-refractivity contribution is 5.47. The number of hydrogen-bond donors (Lipinski definition) is 1. The molecule has 3 nitrogen and oxygen atoms in total. The van der Waals surface area contributed by atoms with Gasteiger partial charge in [-0.1, -0.05) is 35.9 Å². The van der Waals surface area contributed by atoms with Crippen molar-refractivity contribution in [2.24, 2.45) is 5.73 Å². The minimum absolute atomic E-state index is 0.163. The average molecular weight is 271 g/mol. The maximum absolute atomic E-state index is 6.36. The van der Waals surface area contributed by atoms with Crippen LogP contribution in [0, 0.1) is 6.92 Å². The molecule has 0 aromatic heterocycles. The maximum atomic E-state index is 6.36. The van der Waals surface area contributed by atoms with Gasteiger partial charge in [-0.3, -0.25) is 0 Å². The molecular formula is C17H21NO2. The van der Waals surface area contributed by atoms with Crippen molar-refractivity contribution in [1.29, 1.82) is 0 Å². The lowest BCUT2D eigenvalue weighted by molar-refractivity contribution is 0.379. The normalized spacial score (nSPS) is 12.0. The molecule has 1 atom stereocenters. The number of benzene rings is 2. The largest absolute Gasteiger partial charge is 0.496 e. The molecule has 2 N–H and O–H groups in total. The quantitative estimate of drug-likeness (QED) is 0.908. The molecule has 1 unspecified atom stereocenters. The molecule has 2 rings (SSSR count). The summed E-state index contributed by atoms with van der Waals surface area (Å²) in [5, 5.41) is 0. The van der Waals surface area contributed by atoms with Gasteiger partial charge in [0.25, 0.3) is 0 Å². The van der Waals surface area contributed by atoms with Crippen LogP contribution in [0.15, 0.2) is 42.5 Å². The minimum Gasteiger partial charge on any atom is -0.496 e. The van der Waals surface area contributed by atoms with Gasteiger partial charge in [-0.05, 0) is 31.0 Å². The second-order valence-corrected chi connectivity index (χ2v) is 4.87. The fourth-order valence-corrected chi connectivity index (χ4v) is 2.33. The molecule has 0 fully saturated rings. The first-order valence-electron chi connectivity index (χ1n) is 6.67. The Kier molecular flexibility index (Phi) is 4.64. The standard InChI is InChI=1S/C17H21NO2/c1-12-7-9-13(10-8-12)11-14(18)17-15(19-2)5-4-6-16(17)20-3/h4-10,14H,11,18H2,1-3H3. The molecule has 2 aromatic rings. The van der Waals surface area contributed by atoms with Crippen LogP contribution in [0.1, 0.15) is 22.7 Å². The first-order chi connectivity index (χ1) is 9.65.